The van der Waals surface area contributed by atoms with Gasteiger partial charge in [-0.15, -0.1) is 0 Å². The van der Waals surface area contributed by atoms with Crippen molar-refractivity contribution in [1.82, 2.24) is 0 Å². The number of esters is 1. The van der Waals surface area contributed by atoms with Gasteiger partial charge in [0, 0.05) is 6.42 Å². The predicted octanol–water partition coefficient (Wildman–Crippen LogP) is 3.87. The molecule has 0 N–H and O–H groups in total. The number of carbonyl (C=O) groups excluding carboxylic acids is 1. The summed E-state index contributed by atoms with van der Waals surface area (Å²) >= 11 is 0. The van der Waals surface area contributed by atoms with Gasteiger partial charge in [0.25, 0.3) is 0 Å². The molecule has 1 rings (SSSR count). The van der Waals surface area contributed by atoms with Crippen LogP contribution < -0.4 is 0 Å². The summed E-state index contributed by atoms with van der Waals surface area (Å²) in [5, 5.41) is 0. The van der Waals surface area contributed by atoms with Crippen LogP contribution in [0.4, 0.5) is 0 Å². The smallest absolute Gasteiger partial charge is 0.306 e. The molecule has 0 bridgehead atoms. The molecule has 0 saturated heterocycles. The number of ether oxygens (including phenoxy) is 1. The van der Waals surface area contributed by atoms with Gasteiger partial charge in [-0.25, -0.2) is 0 Å². The molecule has 1 atom stereocenters. The molecular formula is C14H20O2. The normalized spacial score (nSPS) is 12.1. The average molecular weight is 220 g/mol. The van der Waals surface area contributed by atoms with Crippen molar-refractivity contribution in [2.45, 2.75) is 45.6 Å². The van der Waals surface area contributed by atoms with Crippen LogP contribution in [0.5, 0.6) is 0 Å². The Balaban J connectivity index is 2.34. The van der Waals surface area contributed by atoms with Gasteiger partial charge in [0.05, 0.1) is 0 Å². The fraction of sp³-hybridized carbons (Fsp3) is 0.500. The number of hydrogen-bond donors (Lipinski definition) is 0. The second-order valence-corrected chi connectivity index (χ2v) is 4.00. The van der Waals surface area contributed by atoms with Crippen molar-refractivity contribution in [2.24, 2.45) is 0 Å². The zero-order valence-electron chi connectivity index (χ0n) is 10.1. The summed E-state index contributed by atoms with van der Waals surface area (Å²) in [6.07, 6.45) is 3.54. The summed E-state index contributed by atoms with van der Waals surface area (Å²) in [6.45, 7) is 4.03. The Kier molecular flexibility index (Phi) is 5.62. The predicted molar refractivity (Wildman–Crippen MR) is 65.1 cm³/mol. The lowest BCUT2D eigenvalue weighted by molar-refractivity contribution is -0.148. The molecule has 0 aliphatic rings. The van der Waals surface area contributed by atoms with Crippen LogP contribution in [-0.2, 0) is 9.53 Å². The van der Waals surface area contributed by atoms with E-state index in [9.17, 15) is 4.79 Å². The van der Waals surface area contributed by atoms with Gasteiger partial charge in [0.15, 0.2) is 0 Å². The molecule has 0 fully saturated rings. The molecule has 0 aliphatic carbocycles. The number of rotatable bonds is 6. The van der Waals surface area contributed by atoms with E-state index in [0.29, 0.717) is 6.42 Å². The second-order valence-electron chi connectivity index (χ2n) is 4.00. The monoisotopic (exact) mass is 220 g/mol. The molecule has 1 unspecified atom stereocenters. The van der Waals surface area contributed by atoms with Crippen LogP contribution in [0.1, 0.15) is 51.2 Å². The van der Waals surface area contributed by atoms with Gasteiger partial charge in [-0.2, -0.15) is 0 Å². The molecule has 0 heterocycles. The molecule has 16 heavy (non-hydrogen) atoms. The molecule has 1 aromatic rings. The molecule has 88 valence electrons. The Morgan fingerprint density at radius 2 is 1.94 bits per heavy atom. The van der Waals surface area contributed by atoms with Crippen molar-refractivity contribution in [3.8, 4) is 0 Å². The van der Waals surface area contributed by atoms with Crippen LogP contribution in [0.2, 0.25) is 0 Å². The minimum absolute atomic E-state index is 0.0928. The fourth-order valence-electron chi connectivity index (χ4n) is 1.57. The van der Waals surface area contributed by atoms with Crippen LogP contribution in [-0.4, -0.2) is 5.97 Å². The topological polar surface area (TPSA) is 26.3 Å². The first-order valence-electron chi connectivity index (χ1n) is 5.98. The average Bonchev–Trinajstić information content (AvgIpc) is 2.30. The summed E-state index contributed by atoms with van der Waals surface area (Å²) in [7, 11) is 0. The van der Waals surface area contributed by atoms with Crippen LogP contribution in [0.25, 0.3) is 0 Å². The molecule has 0 saturated carbocycles. The lowest BCUT2D eigenvalue weighted by Crippen LogP contribution is -2.08. The lowest BCUT2D eigenvalue weighted by atomic mass is 10.1. The Hall–Kier alpha value is -1.31. The maximum atomic E-state index is 11.5. The maximum Gasteiger partial charge on any atom is 0.306 e. The van der Waals surface area contributed by atoms with E-state index in [1.165, 1.54) is 0 Å². The van der Waals surface area contributed by atoms with Gasteiger partial charge in [0.2, 0.25) is 0 Å². The lowest BCUT2D eigenvalue weighted by Gasteiger charge is -2.13. The van der Waals surface area contributed by atoms with E-state index >= 15 is 0 Å². The summed E-state index contributed by atoms with van der Waals surface area (Å²) in [5.74, 6) is -0.0928. The summed E-state index contributed by atoms with van der Waals surface area (Å²) in [5.41, 5.74) is 1.05. The molecule has 2 heteroatoms. The van der Waals surface area contributed by atoms with E-state index in [4.69, 9.17) is 4.74 Å². The largest absolute Gasteiger partial charge is 0.458 e. The quantitative estimate of drug-likeness (QED) is 0.537. The van der Waals surface area contributed by atoms with Gasteiger partial charge >= 0.3 is 5.97 Å². The van der Waals surface area contributed by atoms with Crippen molar-refractivity contribution < 1.29 is 9.53 Å². The molecule has 0 aliphatic heterocycles. The highest BCUT2D eigenvalue weighted by Gasteiger charge is 2.10. The zero-order valence-corrected chi connectivity index (χ0v) is 10.1. The molecule has 0 spiro atoms. The van der Waals surface area contributed by atoms with Crippen molar-refractivity contribution in [1.29, 1.82) is 0 Å². The highest BCUT2D eigenvalue weighted by molar-refractivity contribution is 5.69. The van der Waals surface area contributed by atoms with Crippen molar-refractivity contribution >= 4 is 5.97 Å². The van der Waals surface area contributed by atoms with E-state index in [0.717, 1.165) is 24.8 Å². The van der Waals surface area contributed by atoms with Crippen molar-refractivity contribution in [3.05, 3.63) is 35.9 Å². The van der Waals surface area contributed by atoms with Crippen LogP contribution >= 0.6 is 0 Å². The molecule has 1 aromatic carbocycles. The molecular weight excluding hydrogens is 200 g/mol. The highest BCUT2D eigenvalue weighted by Crippen LogP contribution is 2.17. The van der Waals surface area contributed by atoms with Gasteiger partial charge in [-0.3, -0.25) is 4.79 Å². The van der Waals surface area contributed by atoms with E-state index < -0.39 is 0 Å². The zero-order chi connectivity index (χ0) is 11.8. The van der Waals surface area contributed by atoms with Gasteiger partial charge in [-0.05, 0) is 18.9 Å². The van der Waals surface area contributed by atoms with Gasteiger partial charge < -0.3 is 4.74 Å². The van der Waals surface area contributed by atoms with Crippen molar-refractivity contribution in [3.63, 3.8) is 0 Å². The highest BCUT2D eigenvalue weighted by atomic mass is 16.5. The van der Waals surface area contributed by atoms with Crippen LogP contribution in [0.15, 0.2) is 30.3 Å². The van der Waals surface area contributed by atoms with Gasteiger partial charge in [-0.1, -0.05) is 50.1 Å². The first kappa shape index (κ1) is 12.8. The Morgan fingerprint density at radius 3 is 2.56 bits per heavy atom. The summed E-state index contributed by atoms with van der Waals surface area (Å²) in [4.78, 5) is 11.5. The first-order chi connectivity index (χ1) is 7.74. The summed E-state index contributed by atoms with van der Waals surface area (Å²) < 4.78 is 5.34. The first-order valence-corrected chi connectivity index (χ1v) is 5.98. The third kappa shape index (κ3) is 4.47. The second kappa shape index (κ2) is 7.04. The minimum Gasteiger partial charge on any atom is -0.458 e. The molecule has 2 nitrogen and oxygen atoms in total. The third-order valence-corrected chi connectivity index (χ3v) is 2.56. The Labute approximate surface area is 97.6 Å². The number of unbranched alkanes of at least 4 members (excludes halogenated alkanes) is 2. The van der Waals surface area contributed by atoms with E-state index in [-0.39, 0.29) is 12.1 Å². The van der Waals surface area contributed by atoms with E-state index in [1.54, 1.807) is 0 Å². The van der Waals surface area contributed by atoms with E-state index in [1.807, 2.05) is 37.3 Å². The van der Waals surface area contributed by atoms with Crippen LogP contribution in [0.3, 0.4) is 0 Å². The minimum atomic E-state index is -0.143. The number of hydrogen-bond acceptors (Lipinski definition) is 2. The number of benzene rings is 1. The van der Waals surface area contributed by atoms with E-state index in [2.05, 4.69) is 6.92 Å². The Morgan fingerprint density at radius 1 is 1.25 bits per heavy atom. The van der Waals surface area contributed by atoms with Crippen LogP contribution in [0, 0.1) is 0 Å². The Bertz CT molecular complexity index is 306. The van der Waals surface area contributed by atoms with Crippen molar-refractivity contribution in [2.75, 3.05) is 0 Å². The summed E-state index contributed by atoms with van der Waals surface area (Å²) in [6, 6.07) is 9.82. The molecule has 0 aromatic heterocycles. The molecule has 0 radical (unpaired) electrons. The SMILES string of the molecule is CCCCCC(=O)OC(C)c1ccccc1. The molecule has 0 amide bonds. The number of carbonyl (C=O) groups is 1. The maximum absolute atomic E-state index is 11.5. The standard InChI is InChI=1S/C14H20O2/c1-3-4-6-11-14(15)16-12(2)13-9-7-5-8-10-13/h5,7-10,12H,3-4,6,11H2,1-2H3. The fourth-order valence-corrected chi connectivity index (χ4v) is 1.57. The van der Waals surface area contributed by atoms with Gasteiger partial charge in [0.1, 0.15) is 6.10 Å². The third-order valence-electron chi connectivity index (χ3n) is 2.56.